The molecule has 4 aromatic rings. The highest BCUT2D eigenvalue weighted by atomic mass is 16.2. The molecule has 0 saturated heterocycles. The van der Waals surface area contributed by atoms with Gasteiger partial charge in [-0.15, -0.1) is 0 Å². The SMILES string of the molecule is Cc1ccc(-c2cc(C(=O)N3CCc4ccccc43)c3cccc(C)c3n2)cc1C. The van der Waals surface area contributed by atoms with Gasteiger partial charge in [-0.25, -0.2) is 4.98 Å². The Morgan fingerprint density at radius 1 is 0.867 bits per heavy atom. The van der Waals surface area contributed by atoms with Crippen LogP contribution < -0.4 is 4.90 Å². The van der Waals surface area contributed by atoms with Crippen molar-refractivity contribution in [2.45, 2.75) is 27.2 Å². The van der Waals surface area contributed by atoms with Gasteiger partial charge in [0.25, 0.3) is 5.91 Å². The molecule has 0 atom stereocenters. The first-order chi connectivity index (χ1) is 14.5. The number of hydrogen-bond donors (Lipinski definition) is 0. The van der Waals surface area contributed by atoms with Crippen LogP contribution in [-0.4, -0.2) is 17.4 Å². The molecular weight excluding hydrogens is 368 g/mol. The monoisotopic (exact) mass is 392 g/mol. The predicted octanol–water partition coefficient (Wildman–Crippen LogP) is 6.03. The number of aromatic nitrogens is 1. The number of amides is 1. The van der Waals surface area contributed by atoms with E-state index in [1.54, 1.807) is 0 Å². The van der Waals surface area contributed by atoms with Crippen LogP contribution in [0.3, 0.4) is 0 Å². The Morgan fingerprint density at radius 3 is 2.53 bits per heavy atom. The number of benzene rings is 3. The molecule has 3 nitrogen and oxygen atoms in total. The van der Waals surface area contributed by atoms with Gasteiger partial charge >= 0.3 is 0 Å². The van der Waals surface area contributed by atoms with Crippen molar-refractivity contribution >= 4 is 22.5 Å². The third-order valence-corrected chi connectivity index (χ3v) is 6.21. The van der Waals surface area contributed by atoms with Gasteiger partial charge in [0.05, 0.1) is 16.8 Å². The maximum Gasteiger partial charge on any atom is 0.259 e. The summed E-state index contributed by atoms with van der Waals surface area (Å²) in [5, 5.41) is 0.914. The van der Waals surface area contributed by atoms with Crippen LogP contribution in [0.25, 0.3) is 22.2 Å². The van der Waals surface area contributed by atoms with E-state index in [9.17, 15) is 4.79 Å². The lowest BCUT2D eigenvalue weighted by Gasteiger charge is -2.19. The number of fused-ring (bicyclic) bond motifs is 2. The van der Waals surface area contributed by atoms with Crippen molar-refractivity contribution in [1.82, 2.24) is 4.98 Å². The van der Waals surface area contributed by atoms with Gasteiger partial charge in [-0.05, 0) is 67.6 Å². The quantitative estimate of drug-likeness (QED) is 0.417. The highest BCUT2D eigenvalue weighted by molar-refractivity contribution is 6.15. The number of nitrogens with zero attached hydrogens (tertiary/aromatic N) is 2. The van der Waals surface area contributed by atoms with Crippen molar-refractivity contribution in [3.05, 3.63) is 94.5 Å². The molecule has 0 saturated carbocycles. The van der Waals surface area contributed by atoms with Crippen molar-refractivity contribution in [3.8, 4) is 11.3 Å². The molecule has 0 aliphatic carbocycles. The van der Waals surface area contributed by atoms with E-state index in [1.807, 2.05) is 41.3 Å². The van der Waals surface area contributed by atoms with Crippen molar-refractivity contribution < 1.29 is 4.79 Å². The molecule has 3 aromatic carbocycles. The van der Waals surface area contributed by atoms with Crippen LogP contribution in [0, 0.1) is 20.8 Å². The van der Waals surface area contributed by atoms with Crippen LogP contribution in [-0.2, 0) is 6.42 Å². The Kier molecular flexibility index (Phi) is 4.39. The molecule has 3 heteroatoms. The van der Waals surface area contributed by atoms with Crippen LogP contribution in [0.15, 0.2) is 66.7 Å². The normalized spacial score (nSPS) is 13.0. The van der Waals surface area contributed by atoms with Gasteiger partial charge in [-0.2, -0.15) is 0 Å². The molecule has 148 valence electrons. The number of rotatable bonds is 2. The molecule has 1 aliphatic rings. The maximum absolute atomic E-state index is 13.7. The maximum atomic E-state index is 13.7. The van der Waals surface area contributed by atoms with E-state index >= 15 is 0 Å². The Balaban J connectivity index is 1.70. The number of pyridine rings is 1. The molecule has 2 heterocycles. The van der Waals surface area contributed by atoms with Gasteiger partial charge in [-0.3, -0.25) is 4.79 Å². The van der Waals surface area contributed by atoms with E-state index in [2.05, 4.69) is 51.1 Å². The molecule has 1 aromatic heterocycles. The molecular formula is C27H24N2O. The highest BCUT2D eigenvalue weighted by Crippen LogP contribution is 2.33. The first-order valence-electron chi connectivity index (χ1n) is 10.4. The van der Waals surface area contributed by atoms with E-state index < -0.39 is 0 Å². The van der Waals surface area contributed by atoms with Crippen molar-refractivity contribution in [3.63, 3.8) is 0 Å². The van der Waals surface area contributed by atoms with E-state index in [0.29, 0.717) is 12.1 Å². The molecule has 30 heavy (non-hydrogen) atoms. The van der Waals surface area contributed by atoms with Crippen LogP contribution >= 0.6 is 0 Å². The second-order valence-electron chi connectivity index (χ2n) is 8.16. The first-order valence-corrected chi connectivity index (χ1v) is 10.4. The number of anilines is 1. The van der Waals surface area contributed by atoms with Crippen molar-refractivity contribution in [2.24, 2.45) is 0 Å². The number of para-hydroxylation sites is 2. The minimum absolute atomic E-state index is 0.0445. The topological polar surface area (TPSA) is 33.2 Å². The van der Waals surface area contributed by atoms with E-state index in [1.165, 1.54) is 16.7 Å². The van der Waals surface area contributed by atoms with E-state index in [4.69, 9.17) is 4.98 Å². The van der Waals surface area contributed by atoms with Crippen molar-refractivity contribution in [2.75, 3.05) is 11.4 Å². The van der Waals surface area contributed by atoms with Gasteiger partial charge in [-0.1, -0.05) is 48.5 Å². The zero-order chi connectivity index (χ0) is 20.8. The van der Waals surface area contributed by atoms with E-state index in [-0.39, 0.29) is 5.91 Å². The van der Waals surface area contributed by atoms with Crippen molar-refractivity contribution in [1.29, 1.82) is 0 Å². The lowest BCUT2D eigenvalue weighted by atomic mass is 9.99. The summed E-state index contributed by atoms with van der Waals surface area (Å²) in [4.78, 5) is 20.6. The highest BCUT2D eigenvalue weighted by Gasteiger charge is 2.27. The summed E-state index contributed by atoms with van der Waals surface area (Å²) in [6, 6.07) is 22.6. The summed E-state index contributed by atoms with van der Waals surface area (Å²) < 4.78 is 0. The summed E-state index contributed by atoms with van der Waals surface area (Å²) in [7, 11) is 0. The number of hydrogen-bond acceptors (Lipinski definition) is 2. The van der Waals surface area contributed by atoms with Crippen LogP contribution in [0.5, 0.6) is 0 Å². The molecule has 5 rings (SSSR count). The molecule has 0 N–H and O–H groups in total. The van der Waals surface area contributed by atoms with Gasteiger partial charge in [0.15, 0.2) is 0 Å². The lowest BCUT2D eigenvalue weighted by Crippen LogP contribution is -2.29. The fraction of sp³-hybridized carbons (Fsp3) is 0.185. The smallest absolute Gasteiger partial charge is 0.259 e. The minimum Gasteiger partial charge on any atom is -0.308 e. The summed E-state index contributed by atoms with van der Waals surface area (Å²) in [5.74, 6) is 0.0445. The second kappa shape index (κ2) is 7.10. The summed E-state index contributed by atoms with van der Waals surface area (Å²) in [5.41, 5.74) is 9.30. The summed E-state index contributed by atoms with van der Waals surface area (Å²) in [6.45, 7) is 6.99. The molecule has 0 unspecified atom stereocenters. The standard InChI is InChI=1S/C27H24N2O/c1-17-11-12-21(15-19(17)3)24-16-23(22-9-6-7-18(2)26(22)28-24)27(30)29-14-13-20-8-4-5-10-25(20)29/h4-12,15-16H,13-14H2,1-3H3. The van der Waals surface area contributed by atoms with Gasteiger partial charge in [0.1, 0.15) is 0 Å². The average molecular weight is 393 g/mol. The second-order valence-corrected chi connectivity index (χ2v) is 8.16. The summed E-state index contributed by atoms with van der Waals surface area (Å²) >= 11 is 0. The lowest BCUT2D eigenvalue weighted by molar-refractivity contribution is 0.0991. The average Bonchev–Trinajstić information content (AvgIpc) is 3.19. The largest absolute Gasteiger partial charge is 0.308 e. The molecule has 0 radical (unpaired) electrons. The number of carbonyl (C=O) groups excluding carboxylic acids is 1. The minimum atomic E-state index is 0.0445. The zero-order valence-corrected chi connectivity index (χ0v) is 17.6. The number of carbonyl (C=O) groups is 1. The molecule has 0 fully saturated rings. The fourth-order valence-corrected chi connectivity index (χ4v) is 4.31. The zero-order valence-electron chi connectivity index (χ0n) is 17.6. The van der Waals surface area contributed by atoms with Gasteiger partial charge in [0, 0.05) is 23.2 Å². The fourth-order valence-electron chi connectivity index (χ4n) is 4.31. The number of aryl methyl sites for hydroxylation is 3. The van der Waals surface area contributed by atoms with Crippen LogP contribution in [0.1, 0.15) is 32.6 Å². The third kappa shape index (κ3) is 2.98. The summed E-state index contributed by atoms with van der Waals surface area (Å²) in [6.07, 6.45) is 0.897. The molecule has 0 spiro atoms. The molecule has 1 amide bonds. The van der Waals surface area contributed by atoms with Gasteiger partial charge in [0.2, 0.25) is 0 Å². The Bertz CT molecular complexity index is 1310. The third-order valence-electron chi connectivity index (χ3n) is 6.21. The predicted molar refractivity (Wildman–Crippen MR) is 123 cm³/mol. The Morgan fingerprint density at radius 2 is 1.70 bits per heavy atom. The first kappa shape index (κ1) is 18.6. The van der Waals surface area contributed by atoms with Gasteiger partial charge < -0.3 is 4.90 Å². The van der Waals surface area contributed by atoms with Crippen LogP contribution in [0.2, 0.25) is 0 Å². The molecule has 1 aliphatic heterocycles. The van der Waals surface area contributed by atoms with E-state index in [0.717, 1.165) is 39.8 Å². The Labute approximate surface area is 177 Å². The molecule has 0 bridgehead atoms. The van der Waals surface area contributed by atoms with Crippen LogP contribution in [0.4, 0.5) is 5.69 Å². The Hall–Kier alpha value is -3.46.